The highest BCUT2D eigenvalue weighted by atomic mass is 16.5. The molecule has 0 aliphatic heterocycles. The molecule has 20 heavy (non-hydrogen) atoms. The summed E-state index contributed by atoms with van der Waals surface area (Å²) in [5.74, 6) is 1.67. The fourth-order valence-corrected chi connectivity index (χ4v) is 1.76. The third-order valence-electron chi connectivity index (χ3n) is 3.31. The Kier molecular flexibility index (Phi) is 7.56. The van der Waals surface area contributed by atoms with Crippen molar-refractivity contribution in [3.8, 4) is 11.5 Å². The zero-order chi connectivity index (χ0) is 14.8. The Balaban J connectivity index is 2.35. The molecule has 0 fully saturated rings. The van der Waals surface area contributed by atoms with Crippen molar-refractivity contribution < 1.29 is 9.47 Å². The van der Waals surface area contributed by atoms with Gasteiger partial charge in [0, 0.05) is 6.07 Å². The van der Waals surface area contributed by atoms with E-state index in [-0.39, 0.29) is 0 Å². The second-order valence-corrected chi connectivity index (χ2v) is 4.98. The standard InChI is InChI=1S/C18H26O2/c1-5-15(2)8-6-9-16(3)12-13-20-18-11-7-10-17(14-18)19-4/h7-8,10-12,14H,5-6,9,13H2,1-4H3. The quantitative estimate of drug-likeness (QED) is 0.610. The van der Waals surface area contributed by atoms with Gasteiger partial charge in [-0.05, 0) is 51.3 Å². The molecule has 0 radical (unpaired) electrons. The number of ether oxygens (including phenoxy) is 2. The van der Waals surface area contributed by atoms with Gasteiger partial charge in [0.05, 0.1) is 7.11 Å². The van der Waals surface area contributed by atoms with Crippen LogP contribution in [0.5, 0.6) is 11.5 Å². The summed E-state index contributed by atoms with van der Waals surface area (Å²) in [6.07, 6.45) is 7.82. The number of allylic oxidation sites excluding steroid dienone is 3. The first kappa shape index (κ1) is 16.4. The molecule has 0 amide bonds. The van der Waals surface area contributed by atoms with E-state index in [4.69, 9.17) is 9.47 Å². The third-order valence-corrected chi connectivity index (χ3v) is 3.31. The van der Waals surface area contributed by atoms with Gasteiger partial charge in [-0.1, -0.05) is 30.2 Å². The summed E-state index contributed by atoms with van der Waals surface area (Å²) in [6, 6.07) is 7.69. The topological polar surface area (TPSA) is 18.5 Å². The number of benzene rings is 1. The zero-order valence-corrected chi connectivity index (χ0v) is 13.1. The maximum Gasteiger partial charge on any atom is 0.123 e. The Labute approximate surface area is 123 Å². The van der Waals surface area contributed by atoms with E-state index >= 15 is 0 Å². The Morgan fingerprint density at radius 3 is 2.55 bits per heavy atom. The van der Waals surface area contributed by atoms with E-state index in [1.54, 1.807) is 7.11 Å². The fourth-order valence-electron chi connectivity index (χ4n) is 1.76. The highest BCUT2D eigenvalue weighted by Gasteiger charge is 1.96. The minimum Gasteiger partial charge on any atom is -0.497 e. The summed E-state index contributed by atoms with van der Waals surface area (Å²) >= 11 is 0. The fraction of sp³-hybridized carbons (Fsp3) is 0.444. The van der Waals surface area contributed by atoms with Gasteiger partial charge in [-0.25, -0.2) is 0 Å². The van der Waals surface area contributed by atoms with Crippen LogP contribution in [-0.4, -0.2) is 13.7 Å². The minimum absolute atomic E-state index is 0.607. The van der Waals surface area contributed by atoms with Crippen molar-refractivity contribution in [2.45, 2.75) is 40.0 Å². The van der Waals surface area contributed by atoms with Crippen molar-refractivity contribution in [2.24, 2.45) is 0 Å². The van der Waals surface area contributed by atoms with E-state index in [1.165, 1.54) is 11.1 Å². The highest BCUT2D eigenvalue weighted by Crippen LogP contribution is 2.19. The van der Waals surface area contributed by atoms with E-state index in [0.29, 0.717) is 6.61 Å². The minimum atomic E-state index is 0.607. The van der Waals surface area contributed by atoms with E-state index < -0.39 is 0 Å². The predicted molar refractivity (Wildman–Crippen MR) is 85.5 cm³/mol. The van der Waals surface area contributed by atoms with Gasteiger partial charge in [0.1, 0.15) is 18.1 Å². The Hall–Kier alpha value is -1.70. The lowest BCUT2D eigenvalue weighted by atomic mass is 10.1. The molecule has 0 aromatic heterocycles. The molecule has 0 N–H and O–H groups in total. The molecule has 1 rings (SSSR count). The predicted octanol–water partition coefficient (Wildman–Crippen LogP) is 5.16. The van der Waals surface area contributed by atoms with Crippen LogP contribution in [0.15, 0.2) is 47.6 Å². The number of hydrogen-bond donors (Lipinski definition) is 0. The molecule has 1 aromatic rings. The van der Waals surface area contributed by atoms with Gasteiger partial charge in [-0.3, -0.25) is 0 Å². The Morgan fingerprint density at radius 2 is 1.85 bits per heavy atom. The van der Waals surface area contributed by atoms with Crippen molar-refractivity contribution >= 4 is 0 Å². The van der Waals surface area contributed by atoms with Crippen LogP contribution in [-0.2, 0) is 0 Å². The third kappa shape index (κ3) is 6.46. The second kappa shape index (κ2) is 9.24. The summed E-state index contributed by atoms with van der Waals surface area (Å²) < 4.78 is 10.9. The molecule has 0 saturated carbocycles. The van der Waals surface area contributed by atoms with Crippen LogP contribution < -0.4 is 9.47 Å². The molecule has 0 heterocycles. The lowest BCUT2D eigenvalue weighted by molar-refractivity contribution is 0.355. The molecular formula is C18H26O2. The normalized spacial score (nSPS) is 12.4. The monoisotopic (exact) mass is 274 g/mol. The van der Waals surface area contributed by atoms with E-state index in [9.17, 15) is 0 Å². The van der Waals surface area contributed by atoms with Crippen LogP contribution in [0, 0.1) is 0 Å². The largest absolute Gasteiger partial charge is 0.497 e. The van der Waals surface area contributed by atoms with Crippen molar-refractivity contribution in [3.05, 3.63) is 47.6 Å². The number of hydrogen-bond acceptors (Lipinski definition) is 2. The molecular weight excluding hydrogens is 248 g/mol. The van der Waals surface area contributed by atoms with Crippen LogP contribution >= 0.6 is 0 Å². The van der Waals surface area contributed by atoms with Gasteiger partial charge in [-0.2, -0.15) is 0 Å². The number of rotatable bonds is 8. The van der Waals surface area contributed by atoms with E-state index in [2.05, 4.69) is 32.9 Å². The van der Waals surface area contributed by atoms with Gasteiger partial charge in [-0.15, -0.1) is 0 Å². The maximum atomic E-state index is 5.70. The summed E-state index contributed by atoms with van der Waals surface area (Å²) in [4.78, 5) is 0. The molecule has 2 heteroatoms. The van der Waals surface area contributed by atoms with Crippen LogP contribution in [0.1, 0.15) is 40.0 Å². The molecule has 0 saturated heterocycles. The Bertz CT molecular complexity index is 458. The van der Waals surface area contributed by atoms with Gasteiger partial charge in [0.25, 0.3) is 0 Å². The van der Waals surface area contributed by atoms with Crippen molar-refractivity contribution in [1.82, 2.24) is 0 Å². The number of methoxy groups -OCH3 is 1. The molecule has 0 bridgehead atoms. The lowest BCUT2D eigenvalue weighted by Gasteiger charge is -2.06. The van der Waals surface area contributed by atoms with Crippen molar-refractivity contribution in [2.75, 3.05) is 13.7 Å². The molecule has 110 valence electrons. The van der Waals surface area contributed by atoms with Gasteiger partial charge >= 0.3 is 0 Å². The second-order valence-electron chi connectivity index (χ2n) is 4.98. The van der Waals surface area contributed by atoms with Crippen LogP contribution in [0.4, 0.5) is 0 Å². The van der Waals surface area contributed by atoms with E-state index in [1.807, 2.05) is 24.3 Å². The van der Waals surface area contributed by atoms with Gasteiger partial charge in [0.2, 0.25) is 0 Å². The first-order valence-corrected chi connectivity index (χ1v) is 7.23. The average molecular weight is 274 g/mol. The molecule has 0 aliphatic rings. The molecule has 0 unspecified atom stereocenters. The van der Waals surface area contributed by atoms with Crippen LogP contribution in [0.25, 0.3) is 0 Å². The zero-order valence-electron chi connectivity index (χ0n) is 13.1. The summed E-state index contributed by atoms with van der Waals surface area (Å²) in [6.45, 7) is 7.14. The molecule has 1 aromatic carbocycles. The van der Waals surface area contributed by atoms with Gasteiger partial charge < -0.3 is 9.47 Å². The van der Waals surface area contributed by atoms with E-state index in [0.717, 1.165) is 30.8 Å². The molecule has 0 spiro atoms. The molecule has 0 aliphatic carbocycles. The first-order valence-electron chi connectivity index (χ1n) is 7.23. The molecule has 2 nitrogen and oxygen atoms in total. The Morgan fingerprint density at radius 1 is 1.10 bits per heavy atom. The summed E-state index contributed by atoms with van der Waals surface area (Å²) in [5.41, 5.74) is 2.83. The van der Waals surface area contributed by atoms with Gasteiger partial charge in [0.15, 0.2) is 0 Å². The summed E-state index contributed by atoms with van der Waals surface area (Å²) in [7, 11) is 1.66. The average Bonchev–Trinajstić information content (AvgIpc) is 2.47. The van der Waals surface area contributed by atoms with Crippen LogP contribution in [0.2, 0.25) is 0 Å². The lowest BCUT2D eigenvalue weighted by Crippen LogP contribution is -1.95. The first-order chi connectivity index (χ1) is 9.65. The SMILES string of the molecule is CCC(C)=CCCC(C)=CCOc1cccc(OC)c1. The maximum absolute atomic E-state index is 5.70. The highest BCUT2D eigenvalue weighted by molar-refractivity contribution is 5.32. The molecule has 0 atom stereocenters. The van der Waals surface area contributed by atoms with Crippen molar-refractivity contribution in [3.63, 3.8) is 0 Å². The smallest absolute Gasteiger partial charge is 0.123 e. The van der Waals surface area contributed by atoms with Crippen molar-refractivity contribution in [1.29, 1.82) is 0 Å². The van der Waals surface area contributed by atoms with Crippen LogP contribution in [0.3, 0.4) is 0 Å². The summed E-state index contributed by atoms with van der Waals surface area (Å²) in [5, 5.41) is 0.